The molecule has 0 aliphatic heterocycles. The van der Waals surface area contributed by atoms with Gasteiger partial charge in [-0.25, -0.2) is 15.0 Å². The van der Waals surface area contributed by atoms with Crippen molar-refractivity contribution in [1.29, 1.82) is 0 Å². The first-order chi connectivity index (χ1) is 31.6. The van der Waals surface area contributed by atoms with Gasteiger partial charge in [0, 0.05) is 33.0 Å². The largest absolute Gasteiger partial charge is 0.455 e. The van der Waals surface area contributed by atoms with Crippen molar-refractivity contribution >= 4 is 44.5 Å². The lowest BCUT2D eigenvalue weighted by atomic mass is 9.70. The normalized spacial score (nSPS) is 14.2. The van der Waals surface area contributed by atoms with Gasteiger partial charge in [-0.15, -0.1) is 0 Å². The molecule has 0 fully saturated rings. The Morgan fingerprint density at radius 3 is 1.70 bits per heavy atom. The van der Waals surface area contributed by atoms with Crippen molar-refractivity contribution in [3.8, 4) is 51.0 Å². The zero-order valence-corrected chi connectivity index (χ0v) is 35.0. The third-order valence-electron chi connectivity index (χ3n) is 13.5. The maximum Gasteiger partial charge on any atom is 0.167 e. The molecule has 0 N–H and O–H groups in total. The van der Waals surface area contributed by atoms with Crippen molar-refractivity contribution in [3.05, 3.63) is 240 Å². The molecule has 300 valence electrons. The lowest BCUT2D eigenvalue weighted by molar-refractivity contribution is 0.669. The Kier molecular flexibility index (Phi) is 7.82. The second-order valence-electron chi connectivity index (χ2n) is 16.8. The van der Waals surface area contributed by atoms with E-state index < -0.39 is 5.41 Å². The monoisotopic (exact) mass is 818 g/mol. The van der Waals surface area contributed by atoms with Gasteiger partial charge in [-0.1, -0.05) is 170 Å². The van der Waals surface area contributed by atoms with Crippen LogP contribution in [0, 0.1) is 6.92 Å². The zero-order chi connectivity index (χ0) is 42.5. The minimum Gasteiger partial charge on any atom is -0.455 e. The van der Waals surface area contributed by atoms with E-state index in [2.05, 4.69) is 145 Å². The van der Waals surface area contributed by atoms with Crippen LogP contribution in [0.25, 0.3) is 95.5 Å². The molecule has 2 aliphatic rings. The van der Waals surface area contributed by atoms with Crippen molar-refractivity contribution in [2.75, 3.05) is 0 Å². The van der Waals surface area contributed by atoms with E-state index in [4.69, 9.17) is 25.9 Å². The van der Waals surface area contributed by atoms with E-state index in [0.29, 0.717) is 17.5 Å². The highest BCUT2D eigenvalue weighted by Gasteiger charge is 2.52. The van der Waals surface area contributed by atoms with E-state index in [9.17, 15) is 0 Å². The summed E-state index contributed by atoms with van der Waals surface area (Å²) in [4.78, 5) is 15.1. The number of fused-ring (bicyclic) bond motifs is 11. The Morgan fingerprint density at radius 1 is 0.500 bits per heavy atom. The fourth-order valence-electron chi connectivity index (χ4n) is 10.6. The fourth-order valence-corrected chi connectivity index (χ4v) is 10.6. The van der Waals surface area contributed by atoms with E-state index in [1.807, 2.05) is 66.7 Å². The van der Waals surface area contributed by atoms with Crippen molar-refractivity contribution in [2.45, 2.75) is 12.3 Å². The lowest BCUT2D eigenvalue weighted by Gasteiger charge is -2.31. The van der Waals surface area contributed by atoms with Crippen LogP contribution in [0.4, 0.5) is 0 Å². The van der Waals surface area contributed by atoms with Gasteiger partial charge in [0.2, 0.25) is 0 Å². The molecule has 5 heteroatoms. The minimum atomic E-state index is -0.522. The molecule has 0 saturated carbocycles. The van der Waals surface area contributed by atoms with Gasteiger partial charge in [-0.05, 0) is 93.4 Å². The summed E-state index contributed by atoms with van der Waals surface area (Å²) in [6, 6.07) is 68.3. The van der Waals surface area contributed by atoms with Crippen molar-refractivity contribution in [2.24, 2.45) is 0 Å². The van der Waals surface area contributed by atoms with Gasteiger partial charge >= 0.3 is 0 Å². The van der Waals surface area contributed by atoms with Gasteiger partial charge in [-0.2, -0.15) is 0 Å². The highest BCUT2D eigenvalue weighted by Crippen LogP contribution is 2.63. The summed E-state index contributed by atoms with van der Waals surface area (Å²) in [6.45, 7) is 7.12. The Labute approximate surface area is 370 Å². The number of benzene rings is 8. The Hall–Kier alpha value is -8.41. The van der Waals surface area contributed by atoms with Crippen LogP contribution in [-0.2, 0) is 5.41 Å². The minimum absolute atomic E-state index is 0.522. The molecular weight excluding hydrogens is 781 g/mol. The fraction of sp³-hybridized carbons (Fsp3) is 0.0339. The number of hydrogen-bond acceptors (Lipinski definition) is 4. The van der Waals surface area contributed by atoms with E-state index in [-0.39, 0.29) is 0 Å². The Morgan fingerprint density at radius 2 is 1.03 bits per heavy atom. The summed E-state index contributed by atoms with van der Waals surface area (Å²) in [6.07, 6.45) is 2.43. The van der Waals surface area contributed by atoms with Crippen LogP contribution in [0.15, 0.2) is 211 Å². The van der Waals surface area contributed by atoms with Crippen LogP contribution in [0.1, 0.15) is 33.5 Å². The third kappa shape index (κ3) is 5.09. The maximum absolute atomic E-state index is 6.80. The van der Waals surface area contributed by atoms with Gasteiger partial charge in [0.05, 0.1) is 22.2 Å². The maximum atomic E-state index is 6.80. The summed E-state index contributed by atoms with van der Waals surface area (Å²) < 4.78 is 9.21. The van der Waals surface area contributed by atoms with Crippen LogP contribution < -0.4 is 0 Å². The topological polar surface area (TPSA) is 56.7 Å². The lowest BCUT2D eigenvalue weighted by Crippen LogP contribution is -2.26. The van der Waals surface area contributed by atoms with E-state index in [1.54, 1.807) is 0 Å². The molecule has 0 saturated heterocycles. The molecule has 3 heterocycles. The molecule has 5 nitrogen and oxygen atoms in total. The van der Waals surface area contributed by atoms with Gasteiger partial charge in [0.1, 0.15) is 11.2 Å². The Bertz CT molecular complexity index is 3660. The molecule has 8 aromatic carbocycles. The number of aryl methyl sites for hydroxylation is 1. The van der Waals surface area contributed by atoms with Crippen LogP contribution in [0.5, 0.6) is 0 Å². The first-order valence-corrected chi connectivity index (χ1v) is 21.7. The van der Waals surface area contributed by atoms with Gasteiger partial charge in [-0.3, -0.25) is 0 Å². The number of allylic oxidation sites excluding steroid dienone is 2. The highest BCUT2D eigenvalue weighted by molar-refractivity contribution is 6.10. The smallest absolute Gasteiger partial charge is 0.167 e. The third-order valence-corrected chi connectivity index (χ3v) is 13.5. The van der Waals surface area contributed by atoms with Crippen LogP contribution in [0.3, 0.4) is 0 Å². The molecule has 0 atom stereocenters. The van der Waals surface area contributed by atoms with Gasteiger partial charge in [0.15, 0.2) is 17.5 Å². The molecule has 2 aliphatic carbocycles. The highest BCUT2D eigenvalue weighted by atomic mass is 16.3. The number of nitrogens with zero attached hydrogens (tertiary/aromatic N) is 4. The average molecular weight is 819 g/mol. The summed E-state index contributed by atoms with van der Waals surface area (Å²) in [5.74, 6) is 1.77. The second-order valence-corrected chi connectivity index (χ2v) is 16.8. The molecule has 0 amide bonds. The van der Waals surface area contributed by atoms with Crippen molar-refractivity contribution in [1.82, 2.24) is 19.5 Å². The molecule has 0 bridgehead atoms. The SMILES string of the molecule is C=C1/C(=C\c2c(C)c3ccccc3n2-c2ccc3oc4c(-c5nc(-c6ccccc6)nc(-c6ccccc6)n5)cccc4c3c2)C2(c3ccccc31)c1ccccc1-c1ccccc12. The zero-order valence-electron chi connectivity index (χ0n) is 35.0. The summed E-state index contributed by atoms with van der Waals surface area (Å²) >= 11 is 0. The van der Waals surface area contributed by atoms with E-state index in [1.165, 1.54) is 49.9 Å². The molecule has 3 aromatic heterocycles. The number of hydrogen-bond donors (Lipinski definition) is 0. The predicted octanol–water partition coefficient (Wildman–Crippen LogP) is 14.4. The predicted molar refractivity (Wildman–Crippen MR) is 260 cm³/mol. The van der Waals surface area contributed by atoms with Crippen LogP contribution in [-0.4, -0.2) is 19.5 Å². The van der Waals surface area contributed by atoms with Crippen LogP contribution >= 0.6 is 0 Å². The van der Waals surface area contributed by atoms with Crippen molar-refractivity contribution < 1.29 is 4.42 Å². The summed E-state index contributed by atoms with van der Waals surface area (Å²) in [7, 11) is 0. The quantitative estimate of drug-likeness (QED) is 0.174. The van der Waals surface area contributed by atoms with E-state index in [0.717, 1.165) is 61.1 Å². The van der Waals surface area contributed by atoms with Crippen LogP contribution in [0.2, 0.25) is 0 Å². The van der Waals surface area contributed by atoms with Crippen molar-refractivity contribution in [3.63, 3.8) is 0 Å². The first kappa shape index (κ1) is 36.3. The molecule has 11 aromatic rings. The number of para-hydroxylation sites is 2. The standard InChI is InChI=1S/C59H38N4O/c1-36-41-22-9-13-28-48(41)59(49-29-14-10-24-43(49)44-25-11-15-30-50(44)59)51(36)35-53-37(2)42-23-12-16-31-52(42)63(53)40-32-33-54-47(34-40)45-26-17-27-46(55(45)64-54)58-61-56(38-18-5-3-6-19-38)60-57(62-58)39-20-7-4-8-21-39/h3-35H,1H2,2H3/b51-35+. The summed E-state index contributed by atoms with van der Waals surface area (Å²) in [5, 5.41) is 3.20. The van der Waals surface area contributed by atoms with Gasteiger partial charge < -0.3 is 8.98 Å². The first-order valence-electron chi connectivity index (χ1n) is 21.7. The molecule has 13 rings (SSSR count). The molecular formula is C59H38N4O. The number of rotatable bonds is 5. The molecule has 1 spiro atoms. The van der Waals surface area contributed by atoms with Gasteiger partial charge in [0.25, 0.3) is 0 Å². The second kappa shape index (κ2) is 13.8. The number of furan rings is 1. The molecule has 64 heavy (non-hydrogen) atoms. The summed E-state index contributed by atoms with van der Waals surface area (Å²) in [5.41, 5.74) is 18.0. The van der Waals surface area contributed by atoms with E-state index >= 15 is 0 Å². The molecule has 0 radical (unpaired) electrons. The number of aromatic nitrogens is 4. The molecule has 0 unspecified atom stereocenters. The average Bonchev–Trinajstić information content (AvgIpc) is 4.05. The Balaban J connectivity index is 1.02.